The first-order valence-corrected chi connectivity index (χ1v) is 7.97. The molecule has 1 atom stereocenters. The summed E-state index contributed by atoms with van der Waals surface area (Å²) in [6.07, 6.45) is 1.61. The SMILES string of the molecule is O=CC1(c2c(F)cc(C3CCC(=O)NC3=O)cc2F)CCNCC1. The minimum absolute atomic E-state index is 0.130. The van der Waals surface area contributed by atoms with Gasteiger partial charge in [0.15, 0.2) is 0 Å². The summed E-state index contributed by atoms with van der Waals surface area (Å²) in [5, 5.41) is 5.24. The average Bonchev–Trinajstić information content (AvgIpc) is 2.55. The third kappa shape index (κ3) is 2.84. The molecule has 3 rings (SSSR count). The molecule has 0 radical (unpaired) electrons. The lowest BCUT2D eigenvalue weighted by atomic mass is 9.73. The highest BCUT2D eigenvalue weighted by atomic mass is 19.1. The molecule has 2 aliphatic rings. The van der Waals surface area contributed by atoms with Crippen LogP contribution in [0.2, 0.25) is 0 Å². The van der Waals surface area contributed by atoms with Gasteiger partial charge in [0.2, 0.25) is 11.8 Å². The van der Waals surface area contributed by atoms with Gasteiger partial charge in [-0.25, -0.2) is 8.78 Å². The summed E-state index contributed by atoms with van der Waals surface area (Å²) in [5.41, 5.74) is -1.22. The predicted octanol–water partition coefficient (Wildman–Crippen LogP) is 1.31. The van der Waals surface area contributed by atoms with Gasteiger partial charge in [-0.15, -0.1) is 0 Å². The summed E-state index contributed by atoms with van der Waals surface area (Å²) in [6.45, 7) is 1.01. The van der Waals surface area contributed by atoms with Crippen LogP contribution in [0, 0.1) is 11.6 Å². The quantitative estimate of drug-likeness (QED) is 0.645. The number of piperidine rings is 2. The largest absolute Gasteiger partial charge is 0.317 e. The molecular weight excluding hydrogens is 318 g/mol. The second-order valence-electron chi connectivity index (χ2n) is 6.39. The lowest BCUT2D eigenvalue weighted by Gasteiger charge is -2.34. The number of rotatable bonds is 3. The van der Waals surface area contributed by atoms with Crippen molar-refractivity contribution >= 4 is 18.1 Å². The number of benzene rings is 1. The Morgan fingerprint density at radius 1 is 1.12 bits per heavy atom. The number of hydrogen-bond acceptors (Lipinski definition) is 4. The number of halogens is 2. The molecule has 1 aromatic carbocycles. The zero-order valence-corrected chi connectivity index (χ0v) is 13.0. The van der Waals surface area contributed by atoms with E-state index in [1.807, 2.05) is 0 Å². The van der Waals surface area contributed by atoms with Gasteiger partial charge in [-0.2, -0.15) is 0 Å². The molecule has 0 saturated carbocycles. The van der Waals surface area contributed by atoms with Crippen molar-refractivity contribution in [2.45, 2.75) is 37.0 Å². The second-order valence-corrected chi connectivity index (χ2v) is 6.39. The summed E-state index contributed by atoms with van der Waals surface area (Å²) in [5.74, 6) is -3.33. The van der Waals surface area contributed by atoms with Gasteiger partial charge in [0.05, 0.1) is 11.3 Å². The van der Waals surface area contributed by atoms with Crippen molar-refractivity contribution in [3.8, 4) is 0 Å². The Labute approximate surface area is 137 Å². The fourth-order valence-electron chi connectivity index (χ4n) is 3.58. The summed E-state index contributed by atoms with van der Waals surface area (Å²) < 4.78 is 29.3. The molecule has 1 aromatic rings. The van der Waals surface area contributed by atoms with Crippen molar-refractivity contribution in [2.24, 2.45) is 0 Å². The molecule has 5 nitrogen and oxygen atoms in total. The second kappa shape index (κ2) is 6.39. The third-order valence-corrected chi connectivity index (χ3v) is 4.93. The van der Waals surface area contributed by atoms with Crippen molar-refractivity contribution in [2.75, 3.05) is 13.1 Å². The van der Waals surface area contributed by atoms with Gasteiger partial charge in [-0.05, 0) is 50.0 Å². The van der Waals surface area contributed by atoms with Gasteiger partial charge in [-0.1, -0.05) is 0 Å². The van der Waals surface area contributed by atoms with Gasteiger partial charge >= 0.3 is 0 Å². The van der Waals surface area contributed by atoms with Crippen LogP contribution in [0.25, 0.3) is 0 Å². The predicted molar refractivity (Wildman–Crippen MR) is 81.3 cm³/mol. The molecule has 2 fully saturated rings. The fraction of sp³-hybridized carbons (Fsp3) is 0.471. The van der Waals surface area contributed by atoms with Crippen LogP contribution < -0.4 is 10.6 Å². The molecule has 2 N–H and O–H groups in total. The first kappa shape index (κ1) is 16.7. The highest BCUT2D eigenvalue weighted by Crippen LogP contribution is 2.37. The Morgan fingerprint density at radius 3 is 2.29 bits per heavy atom. The van der Waals surface area contributed by atoms with Crippen molar-refractivity contribution < 1.29 is 23.2 Å². The lowest BCUT2D eigenvalue weighted by Crippen LogP contribution is -2.42. The van der Waals surface area contributed by atoms with Crippen molar-refractivity contribution in [1.29, 1.82) is 0 Å². The zero-order chi connectivity index (χ0) is 17.3. The van der Waals surface area contributed by atoms with E-state index in [9.17, 15) is 23.2 Å². The van der Waals surface area contributed by atoms with E-state index in [-0.39, 0.29) is 29.9 Å². The molecule has 0 aromatic heterocycles. The summed E-state index contributed by atoms with van der Waals surface area (Å²) >= 11 is 0. The molecule has 7 heteroatoms. The van der Waals surface area contributed by atoms with E-state index in [0.29, 0.717) is 32.2 Å². The summed E-state index contributed by atoms with van der Waals surface area (Å²) in [6, 6.07) is 2.23. The minimum Gasteiger partial charge on any atom is -0.317 e. The maximum atomic E-state index is 14.7. The maximum Gasteiger partial charge on any atom is 0.234 e. The molecular formula is C17H18F2N2O3. The summed E-state index contributed by atoms with van der Waals surface area (Å²) in [4.78, 5) is 34.7. The molecule has 24 heavy (non-hydrogen) atoms. The highest BCUT2D eigenvalue weighted by molar-refractivity contribution is 6.00. The Morgan fingerprint density at radius 2 is 1.75 bits per heavy atom. The maximum absolute atomic E-state index is 14.7. The van der Waals surface area contributed by atoms with Gasteiger partial charge in [-0.3, -0.25) is 14.9 Å². The van der Waals surface area contributed by atoms with Crippen molar-refractivity contribution in [3.05, 3.63) is 34.9 Å². The Bertz CT molecular complexity index is 676. The monoisotopic (exact) mass is 336 g/mol. The molecule has 2 amide bonds. The van der Waals surface area contributed by atoms with Crippen LogP contribution in [-0.2, 0) is 19.8 Å². The van der Waals surface area contributed by atoms with E-state index in [0.717, 1.165) is 12.1 Å². The Kier molecular flexibility index (Phi) is 4.45. The van der Waals surface area contributed by atoms with E-state index in [1.54, 1.807) is 0 Å². The number of aldehydes is 1. The topological polar surface area (TPSA) is 75.3 Å². The smallest absolute Gasteiger partial charge is 0.234 e. The fourth-order valence-corrected chi connectivity index (χ4v) is 3.58. The Hall–Kier alpha value is -2.15. The zero-order valence-electron chi connectivity index (χ0n) is 13.0. The number of hydrogen-bond donors (Lipinski definition) is 2. The minimum atomic E-state index is -1.18. The van der Waals surface area contributed by atoms with Crippen LogP contribution >= 0.6 is 0 Å². The van der Waals surface area contributed by atoms with Crippen LogP contribution in [-0.4, -0.2) is 31.2 Å². The molecule has 0 spiro atoms. The standard InChI is InChI=1S/C17H18F2N2O3/c18-12-7-10(11-1-2-14(23)21-16(11)24)8-13(19)15(12)17(9-22)3-5-20-6-4-17/h7-9,11,20H,1-6H2,(H,21,23,24). The number of nitrogens with one attached hydrogen (secondary N) is 2. The van der Waals surface area contributed by atoms with Crippen LogP contribution in [0.15, 0.2) is 12.1 Å². The van der Waals surface area contributed by atoms with E-state index >= 15 is 0 Å². The van der Waals surface area contributed by atoms with Crippen molar-refractivity contribution in [3.63, 3.8) is 0 Å². The number of carbonyl (C=O) groups is 3. The van der Waals surface area contributed by atoms with Crippen LogP contribution in [0.3, 0.4) is 0 Å². The molecule has 1 unspecified atom stereocenters. The van der Waals surface area contributed by atoms with Gasteiger partial charge < -0.3 is 10.1 Å². The van der Waals surface area contributed by atoms with Crippen LogP contribution in [0.1, 0.15) is 42.7 Å². The van der Waals surface area contributed by atoms with Gasteiger partial charge in [0.25, 0.3) is 0 Å². The van der Waals surface area contributed by atoms with Crippen molar-refractivity contribution in [1.82, 2.24) is 10.6 Å². The molecule has 2 saturated heterocycles. The first-order chi connectivity index (χ1) is 11.5. The average molecular weight is 336 g/mol. The Balaban J connectivity index is 1.98. The number of carbonyl (C=O) groups excluding carboxylic acids is 3. The van der Waals surface area contributed by atoms with Gasteiger partial charge in [0, 0.05) is 12.0 Å². The number of imide groups is 1. The molecule has 0 aliphatic carbocycles. The molecule has 2 heterocycles. The van der Waals surface area contributed by atoms with E-state index in [4.69, 9.17) is 0 Å². The molecule has 2 aliphatic heterocycles. The van der Waals surface area contributed by atoms with E-state index in [2.05, 4.69) is 10.6 Å². The molecule has 128 valence electrons. The lowest BCUT2D eigenvalue weighted by molar-refractivity contribution is -0.134. The molecule has 0 bridgehead atoms. The summed E-state index contributed by atoms with van der Waals surface area (Å²) in [7, 11) is 0. The first-order valence-electron chi connectivity index (χ1n) is 7.97. The van der Waals surface area contributed by atoms with E-state index in [1.165, 1.54) is 0 Å². The van der Waals surface area contributed by atoms with E-state index < -0.39 is 28.9 Å². The normalized spacial score (nSPS) is 23.7. The third-order valence-electron chi connectivity index (χ3n) is 4.93. The highest BCUT2D eigenvalue weighted by Gasteiger charge is 2.39. The van der Waals surface area contributed by atoms with Crippen LogP contribution in [0.5, 0.6) is 0 Å². The number of amides is 2. The van der Waals surface area contributed by atoms with Crippen LogP contribution in [0.4, 0.5) is 8.78 Å². The van der Waals surface area contributed by atoms with Gasteiger partial charge in [0.1, 0.15) is 17.9 Å².